The molecule has 0 spiro atoms. The van der Waals surface area contributed by atoms with E-state index in [4.69, 9.17) is 16.3 Å². The van der Waals surface area contributed by atoms with Crippen LogP contribution in [0.3, 0.4) is 0 Å². The summed E-state index contributed by atoms with van der Waals surface area (Å²) < 4.78 is 20.5. The zero-order valence-corrected chi connectivity index (χ0v) is 14.1. The minimum absolute atomic E-state index is 0.266. The number of halogens is 3. The molecule has 2 rings (SSSR count). The molecule has 1 N–H and O–H groups in total. The second-order valence-corrected chi connectivity index (χ2v) is 5.98. The second-order valence-electron chi connectivity index (χ2n) is 4.69. The van der Waals surface area contributed by atoms with E-state index in [0.29, 0.717) is 20.8 Å². The summed E-state index contributed by atoms with van der Waals surface area (Å²) in [4.78, 5) is 0. The highest BCUT2D eigenvalue weighted by molar-refractivity contribution is 9.10. The summed E-state index contributed by atoms with van der Waals surface area (Å²) in [5, 5.41) is 3.71. The monoisotopic (exact) mass is 371 g/mol. The van der Waals surface area contributed by atoms with Gasteiger partial charge in [-0.25, -0.2) is 4.39 Å². The molecule has 5 heteroatoms. The highest BCUT2D eigenvalue weighted by atomic mass is 79.9. The number of hydrogen-bond donors (Lipinski definition) is 1. The van der Waals surface area contributed by atoms with Crippen molar-refractivity contribution < 1.29 is 9.13 Å². The molecule has 112 valence electrons. The van der Waals surface area contributed by atoms with Crippen LogP contribution in [0.1, 0.15) is 18.5 Å². The van der Waals surface area contributed by atoms with E-state index in [0.717, 1.165) is 0 Å². The Kier molecular flexibility index (Phi) is 5.62. The van der Waals surface area contributed by atoms with Crippen LogP contribution in [0.5, 0.6) is 5.75 Å². The first-order valence-corrected chi connectivity index (χ1v) is 7.73. The van der Waals surface area contributed by atoms with Crippen LogP contribution < -0.4 is 10.1 Å². The summed E-state index contributed by atoms with van der Waals surface area (Å²) in [7, 11) is 1.78. The maximum Gasteiger partial charge on any atom is 0.142 e. The number of ether oxygens (including phenoxy) is 1. The minimum Gasteiger partial charge on any atom is -0.489 e. The third-order valence-corrected chi connectivity index (χ3v) is 4.06. The Labute approximate surface area is 137 Å². The first-order valence-electron chi connectivity index (χ1n) is 6.56. The molecule has 2 aromatic carbocycles. The molecule has 0 saturated heterocycles. The Morgan fingerprint density at radius 2 is 1.95 bits per heavy atom. The molecule has 0 aliphatic heterocycles. The molecule has 0 bridgehead atoms. The molecular formula is C16H16BrClFNO. The first-order chi connectivity index (χ1) is 10.0. The van der Waals surface area contributed by atoms with Crippen LogP contribution in [-0.4, -0.2) is 13.2 Å². The molecule has 21 heavy (non-hydrogen) atoms. The molecule has 2 nitrogen and oxygen atoms in total. The maximum absolute atomic E-state index is 14.2. The van der Waals surface area contributed by atoms with Gasteiger partial charge < -0.3 is 10.1 Å². The van der Waals surface area contributed by atoms with Crippen molar-refractivity contribution in [3.05, 3.63) is 63.3 Å². The lowest BCUT2D eigenvalue weighted by Crippen LogP contribution is -2.32. The van der Waals surface area contributed by atoms with Gasteiger partial charge >= 0.3 is 0 Å². The molecule has 2 aromatic rings. The Morgan fingerprint density at radius 3 is 2.62 bits per heavy atom. The highest BCUT2D eigenvalue weighted by Crippen LogP contribution is 2.28. The van der Waals surface area contributed by atoms with Gasteiger partial charge in [0.25, 0.3) is 0 Å². The molecule has 2 atom stereocenters. The summed E-state index contributed by atoms with van der Waals surface area (Å²) in [5.41, 5.74) is 0.557. The Hall–Kier alpha value is -1.10. The topological polar surface area (TPSA) is 21.3 Å². The number of hydrogen-bond acceptors (Lipinski definition) is 2. The predicted octanol–water partition coefficient (Wildman–Crippen LogP) is 4.97. The number of benzene rings is 2. The molecule has 0 aromatic heterocycles. The van der Waals surface area contributed by atoms with E-state index in [2.05, 4.69) is 21.2 Å². The summed E-state index contributed by atoms with van der Waals surface area (Å²) in [6.45, 7) is 1.89. The van der Waals surface area contributed by atoms with Crippen LogP contribution in [-0.2, 0) is 0 Å². The van der Waals surface area contributed by atoms with Gasteiger partial charge in [-0.15, -0.1) is 0 Å². The van der Waals surface area contributed by atoms with Crippen molar-refractivity contribution in [2.45, 2.75) is 19.1 Å². The molecule has 0 amide bonds. The zero-order valence-electron chi connectivity index (χ0n) is 11.7. The van der Waals surface area contributed by atoms with Gasteiger partial charge in [0.05, 0.1) is 10.5 Å². The van der Waals surface area contributed by atoms with Gasteiger partial charge in [-0.2, -0.15) is 0 Å². The van der Waals surface area contributed by atoms with Crippen LogP contribution in [0.15, 0.2) is 46.9 Å². The van der Waals surface area contributed by atoms with Crippen molar-refractivity contribution in [2.24, 2.45) is 0 Å². The van der Waals surface area contributed by atoms with Crippen molar-refractivity contribution in [2.75, 3.05) is 7.05 Å². The Morgan fingerprint density at radius 1 is 1.24 bits per heavy atom. The van der Waals surface area contributed by atoms with Gasteiger partial charge in [-0.1, -0.05) is 29.8 Å². The Balaban J connectivity index is 2.22. The third kappa shape index (κ3) is 3.96. The highest BCUT2D eigenvalue weighted by Gasteiger charge is 2.23. The lowest BCUT2D eigenvalue weighted by molar-refractivity contribution is 0.173. The van der Waals surface area contributed by atoms with Gasteiger partial charge in [0, 0.05) is 10.6 Å². The fraction of sp³-hybridized carbons (Fsp3) is 0.250. The van der Waals surface area contributed by atoms with Crippen molar-refractivity contribution in [1.29, 1.82) is 0 Å². The molecular weight excluding hydrogens is 357 g/mol. The average molecular weight is 373 g/mol. The van der Waals surface area contributed by atoms with E-state index in [1.807, 2.05) is 19.1 Å². The molecule has 0 heterocycles. The largest absolute Gasteiger partial charge is 0.489 e. The van der Waals surface area contributed by atoms with E-state index >= 15 is 0 Å². The molecule has 0 fully saturated rings. The van der Waals surface area contributed by atoms with Gasteiger partial charge in [0.1, 0.15) is 17.7 Å². The lowest BCUT2D eigenvalue weighted by atomic mass is 10.0. The zero-order chi connectivity index (χ0) is 15.4. The van der Waals surface area contributed by atoms with E-state index in [-0.39, 0.29) is 18.0 Å². The Bertz CT molecular complexity index is 623. The smallest absolute Gasteiger partial charge is 0.142 e. The van der Waals surface area contributed by atoms with Gasteiger partial charge in [-0.05, 0) is 54.2 Å². The molecule has 0 aliphatic rings. The minimum atomic E-state index is -0.279. The summed E-state index contributed by atoms with van der Waals surface area (Å²) in [5.74, 6) is 0.379. The maximum atomic E-state index is 14.2. The fourth-order valence-electron chi connectivity index (χ4n) is 2.23. The van der Waals surface area contributed by atoms with Crippen LogP contribution in [0.4, 0.5) is 4.39 Å². The average Bonchev–Trinajstić information content (AvgIpc) is 2.44. The van der Waals surface area contributed by atoms with E-state index in [1.165, 1.54) is 0 Å². The van der Waals surface area contributed by atoms with E-state index in [9.17, 15) is 4.39 Å². The molecule has 0 radical (unpaired) electrons. The number of likely N-dealkylation sites (N-methyl/N-ethyl adjacent to an activating group) is 1. The van der Waals surface area contributed by atoms with Crippen LogP contribution in [0.2, 0.25) is 5.02 Å². The van der Waals surface area contributed by atoms with Crippen LogP contribution in [0.25, 0.3) is 0 Å². The van der Waals surface area contributed by atoms with Gasteiger partial charge in [0.15, 0.2) is 0 Å². The molecule has 0 saturated carbocycles. The van der Waals surface area contributed by atoms with E-state index < -0.39 is 0 Å². The fourth-order valence-corrected chi connectivity index (χ4v) is 2.79. The summed E-state index contributed by atoms with van der Waals surface area (Å²) in [6.07, 6.45) is -0.266. The van der Waals surface area contributed by atoms with Gasteiger partial charge in [-0.3, -0.25) is 0 Å². The van der Waals surface area contributed by atoms with Crippen molar-refractivity contribution in [3.63, 3.8) is 0 Å². The number of rotatable bonds is 5. The van der Waals surface area contributed by atoms with Gasteiger partial charge in [0.2, 0.25) is 0 Å². The van der Waals surface area contributed by atoms with Crippen molar-refractivity contribution in [1.82, 2.24) is 5.32 Å². The SMILES string of the molecule is CNC(c1cccc(Br)c1F)C(C)Oc1cccc(Cl)c1. The summed E-state index contributed by atoms with van der Waals surface area (Å²) in [6, 6.07) is 12.1. The van der Waals surface area contributed by atoms with Crippen LogP contribution in [0, 0.1) is 5.82 Å². The predicted molar refractivity (Wildman–Crippen MR) is 87.4 cm³/mol. The van der Waals surface area contributed by atoms with E-state index in [1.54, 1.807) is 37.4 Å². The number of nitrogens with one attached hydrogen (secondary N) is 1. The molecule has 0 aliphatic carbocycles. The van der Waals surface area contributed by atoms with Crippen molar-refractivity contribution >= 4 is 27.5 Å². The van der Waals surface area contributed by atoms with Crippen LogP contribution >= 0.6 is 27.5 Å². The third-order valence-electron chi connectivity index (χ3n) is 3.22. The quantitative estimate of drug-likeness (QED) is 0.800. The van der Waals surface area contributed by atoms with Crippen molar-refractivity contribution in [3.8, 4) is 5.75 Å². The first kappa shape index (κ1) is 16.3. The summed E-state index contributed by atoms with van der Waals surface area (Å²) >= 11 is 9.15. The molecule has 2 unspecified atom stereocenters. The lowest BCUT2D eigenvalue weighted by Gasteiger charge is -2.25. The normalized spacial score (nSPS) is 13.8. The standard InChI is InChI=1S/C16H16BrClFNO/c1-10(21-12-6-3-5-11(18)9-12)16(20-2)13-7-4-8-14(17)15(13)19/h3-10,16,20H,1-2H3. The second kappa shape index (κ2) is 7.25.